The van der Waals surface area contributed by atoms with Gasteiger partial charge < -0.3 is 9.73 Å². The summed E-state index contributed by atoms with van der Waals surface area (Å²) in [5.41, 5.74) is 3.19. The molecule has 0 bridgehead atoms. The van der Waals surface area contributed by atoms with Gasteiger partial charge in [0.2, 0.25) is 5.91 Å². The Bertz CT molecular complexity index is 799. The molecule has 1 amide bonds. The number of amides is 1. The molecule has 6 heteroatoms. The third-order valence-corrected chi connectivity index (χ3v) is 4.13. The molecule has 0 atom stereocenters. The molecule has 0 spiro atoms. The highest BCUT2D eigenvalue weighted by atomic mass is 35.5. The first-order valence-corrected chi connectivity index (χ1v) is 8.02. The van der Waals surface area contributed by atoms with E-state index in [-0.39, 0.29) is 11.7 Å². The van der Waals surface area contributed by atoms with Gasteiger partial charge in [0.05, 0.1) is 5.75 Å². The van der Waals surface area contributed by atoms with Crippen molar-refractivity contribution in [1.29, 1.82) is 0 Å². The Morgan fingerprint density at radius 1 is 1.32 bits per heavy atom. The summed E-state index contributed by atoms with van der Waals surface area (Å²) in [6.45, 7) is 1.90. The molecule has 1 aromatic heterocycles. The van der Waals surface area contributed by atoms with Crippen molar-refractivity contribution < 1.29 is 9.21 Å². The van der Waals surface area contributed by atoms with Crippen LogP contribution >= 0.6 is 23.4 Å². The number of hydrogen-bond donors (Lipinski definition) is 1. The number of hydrogen-bond acceptors (Lipinski definition) is 4. The Kier molecular flexibility index (Phi) is 4.36. The van der Waals surface area contributed by atoms with Gasteiger partial charge >= 0.3 is 0 Å². The lowest BCUT2D eigenvalue weighted by atomic mass is 10.2. The molecule has 3 aromatic rings. The van der Waals surface area contributed by atoms with Crippen LogP contribution in [0.15, 0.2) is 52.1 Å². The molecule has 0 radical (unpaired) electrons. The smallest absolute Gasteiger partial charge is 0.257 e. The van der Waals surface area contributed by atoms with Gasteiger partial charge in [-0.3, -0.25) is 4.79 Å². The molecule has 112 valence electrons. The number of thioether (sulfide) groups is 1. The maximum atomic E-state index is 12.0. The summed E-state index contributed by atoms with van der Waals surface area (Å²) in [6.07, 6.45) is 0. The van der Waals surface area contributed by atoms with Crippen LogP contribution in [-0.2, 0) is 4.79 Å². The van der Waals surface area contributed by atoms with Gasteiger partial charge in [-0.15, -0.1) is 0 Å². The summed E-state index contributed by atoms with van der Waals surface area (Å²) in [4.78, 5) is 16.3. The zero-order valence-electron chi connectivity index (χ0n) is 11.8. The molecule has 0 aliphatic heterocycles. The molecule has 2 aromatic carbocycles. The van der Waals surface area contributed by atoms with Crippen LogP contribution in [0.5, 0.6) is 0 Å². The number of rotatable bonds is 4. The van der Waals surface area contributed by atoms with Crippen molar-refractivity contribution in [3.05, 3.63) is 53.1 Å². The fourth-order valence-corrected chi connectivity index (χ4v) is 2.86. The first kappa shape index (κ1) is 14.9. The van der Waals surface area contributed by atoms with Crippen LogP contribution in [0.2, 0.25) is 5.02 Å². The zero-order valence-corrected chi connectivity index (χ0v) is 13.4. The minimum absolute atomic E-state index is 0.113. The molecule has 0 unspecified atom stereocenters. The lowest BCUT2D eigenvalue weighted by Gasteiger charge is -2.07. The number of aromatic nitrogens is 1. The maximum Gasteiger partial charge on any atom is 0.257 e. The monoisotopic (exact) mass is 332 g/mol. The Balaban J connectivity index is 1.62. The number of anilines is 1. The number of aryl methyl sites for hydroxylation is 1. The summed E-state index contributed by atoms with van der Waals surface area (Å²) < 4.78 is 5.56. The molecular weight excluding hydrogens is 320 g/mol. The molecule has 0 aliphatic rings. The second kappa shape index (κ2) is 6.42. The molecule has 0 saturated heterocycles. The highest BCUT2D eigenvalue weighted by molar-refractivity contribution is 7.99. The summed E-state index contributed by atoms with van der Waals surface area (Å²) in [7, 11) is 0. The van der Waals surface area contributed by atoms with E-state index in [2.05, 4.69) is 10.3 Å². The van der Waals surface area contributed by atoms with Gasteiger partial charge in [0.1, 0.15) is 5.52 Å². The van der Waals surface area contributed by atoms with Gasteiger partial charge in [-0.2, -0.15) is 0 Å². The van der Waals surface area contributed by atoms with Gasteiger partial charge in [-0.1, -0.05) is 35.5 Å². The first-order valence-electron chi connectivity index (χ1n) is 6.66. The van der Waals surface area contributed by atoms with Crippen LogP contribution in [0.4, 0.5) is 5.69 Å². The second-order valence-electron chi connectivity index (χ2n) is 4.74. The van der Waals surface area contributed by atoms with E-state index in [1.165, 1.54) is 11.8 Å². The van der Waals surface area contributed by atoms with E-state index >= 15 is 0 Å². The van der Waals surface area contributed by atoms with E-state index in [4.69, 9.17) is 16.0 Å². The minimum Gasteiger partial charge on any atom is -0.431 e. The van der Waals surface area contributed by atoms with Crippen LogP contribution in [0.25, 0.3) is 11.1 Å². The molecule has 0 fully saturated rings. The second-order valence-corrected chi connectivity index (χ2v) is 6.11. The van der Waals surface area contributed by atoms with Crippen molar-refractivity contribution in [3.63, 3.8) is 0 Å². The standard InChI is InChI=1S/C16H13ClN2O2S/c1-10-8-11(17)6-7-12(10)18-15(20)9-22-16-19-13-4-2-3-5-14(13)21-16/h2-8H,9H2,1H3,(H,18,20). The van der Waals surface area contributed by atoms with E-state index in [0.29, 0.717) is 10.2 Å². The van der Waals surface area contributed by atoms with Crippen LogP contribution < -0.4 is 5.32 Å². The number of nitrogens with zero attached hydrogens (tertiary/aromatic N) is 1. The fraction of sp³-hybridized carbons (Fsp3) is 0.125. The summed E-state index contributed by atoms with van der Waals surface area (Å²) >= 11 is 7.16. The Labute approximate surface area is 136 Å². The third kappa shape index (κ3) is 3.43. The van der Waals surface area contributed by atoms with Gasteiger partial charge in [0, 0.05) is 10.7 Å². The summed E-state index contributed by atoms with van der Waals surface area (Å²) in [5.74, 6) is 0.118. The average molecular weight is 333 g/mol. The number of nitrogens with one attached hydrogen (secondary N) is 1. The number of benzene rings is 2. The molecule has 0 saturated carbocycles. The van der Waals surface area contributed by atoms with Gasteiger partial charge in [-0.25, -0.2) is 4.98 Å². The van der Waals surface area contributed by atoms with Crippen LogP contribution in [0.3, 0.4) is 0 Å². The number of carbonyl (C=O) groups excluding carboxylic acids is 1. The van der Waals surface area contributed by atoms with Crippen molar-refractivity contribution >= 4 is 46.1 Å². The maximum absolute atomic E-state index is 12.0. The van der Waals surface area contributed by atoms with Gasteiger partial charge in [0.15, 0.2) is 5.58 Å². The quantitative estimate of drug-likeness (QED) is 0.714. The minimum atomic E-state index is -0.113. The van der Waals surface area contributed by atoms with Crippen molar-refractivity contribution in [2.75, 3.05) is 11.1 Å². The highest BCUT2D eigenvalue weighted by Gasteiger charge is 2.10. The Morgan fingerprint density at radius 2 is 2.14 bits per heavy atom. The highest BCUT2D eigenvalue weighted by Crippen LogP contribution is 2.24. The zero-order chi connectivity index (χ0) is 15.5. The lowest BCUT2D eigenvalue weighted by molar-refractivity contribution is -0.113. The summed E-state index contributed by atoms with van der Waals surface area (Å²) in [5, 5.41) is 3.99. The van der Waals surface area contributed by atoms with E-state index in [9.17, 15) is 4.79 Å². The van der Waals surface area contributed by atoms with Gasteiger partial charge in [-0.05, 0) is 42.8 Å². The molecule has 4 nitrogen and oxygen atoms in total. The SMILES string of the molecule is Cc1cc(Cl)ccc1NC(=O)CSc1nc2ccccc2o1. The predicted octanol–water partition coefficient (Wildman–Crippen LogP) is 4.52. The molecule has 22 heavy (non-hydrogen) atoms. The first-order chi connectivity index (χ1) is 10.6. The number of oxazole rings is 1. The molecule has 3 rings (SSSR count). The van der Waals surface area contributed by atoms with Crippen molar-refractivity contribution in [1.82, 2.24) is 4.98 Å². The number of fused-ring (bicyclic) bond motifs is 1. The van der Waals surface area contributed by atoms with Crippen molar-refractivity contribution in [2.45, 2.75) is 12.1 Å². The van der Waals surface area contributed by atoms with Crippen LogP contribution in [0, 0.1) is 6.92 Å². The molecular formula is C16H13ClN2O2S. The summed E-state index contributed by atoms with van der Waals surface area (Å²) in [6, 6.07) is 12.9. The molecule has 1 heterocycles. The van der Waals surface area contributed by atoms with Crippen molar-refractivity contribution in [3.8, 4) is 0 Å². The van der Waals surface area contributed by atoms with E-state index in [0.717, 1.165) is 22.4 Å². The largest absolute Gasteiger partial charge is 0.431 e. The Morgan fingerprint density at radius 3 is 2.91 bits per heavy atom. The number of carbonyl (C=O) groups is 1. The van der Waals surface area contributed by atoms with Crippen LogP contribution in [0.1, 0.15) is 5.56 Å². The number of halogens is 1. The normalized spacial score (nSPS) is 10.8. The Hall–Kier alpha value is -1.98. The number of para-hydroxylation sites is 2. The molecule has 1 N–H and O–H groups in total. The van der Waals surface area contributed by atoms with Crippen molar-refractivity contribution in [2.24, 2.45) is 0 Å². The lowest BCUT2D eigenvalue weighted by Crippen LogP contribution is -2.14. The average Bonchev–Trinajstić information content (AvgIpc) is 2.91. The van der Waals surface area contributed by atoms with Crippen LogP contribution in [-0.4, -0.2) is 16.6 Å². The fourth-order valence-electron chi connectivity index (χ4n) is 1.99. The third-order valence-electron chi connectivity index (χ3n) is 3.06. The topological polar surface area (TPSA) is 55.1 Å². The van der Waals surface area contributed by atoms with E-state index < -0.39 is 0 Å². The van der Waals surface area contributed by atoms with Gasteiger partial charge in [0.25, 0.3) is 5.22 Å². The molecule has 0 aliphatic carbocycles. The predicted molar refractivity (Wildman–Crippen MR) is 89.6 cm³/mol. The van der Waals surface area contributed by atoms with E-state index in [1.54, 1.807) is 12.1 Å². The van der Waals surface area contributed by atoms with E-state index in [1.807, 2.05) is 37.3 Å².